The second kappa shape index (κ2) is 6.88. The minimum Gasteiger partial charge on any atom is -0.332 e. The molecule has 0 atom stereocenters. The van der Waals surface area contributed by atoms with Crippen LogP contribution in [0.15, 0.2) is 87.9 Å². The second-order valence-corrected chi connectivity index (χ2v) is 5.99. The van der Waals surface area contributed by atoms with Crippen molar-refractivity contribution in [2.75, 3.05) is 0 Å². The summed E-state index contributed by atoms with van der Waals surface area (Å²) in [4.78, 5) is 13.4. The van der Waals surface area contributed by atoms with E-state index in [0.717, 1.165) is 11.1 Å². The lowest BCUT2D eigenvalue weighted by molar-refractivity contribution is 0.428. The fourth-order valence-corrected chi connectivity index (χ4v) is 2.74. The van der Waals surface area contributed by atoms with Gasteiger partial charge in [-0.25, -0.2) is 4.98 Å². The zero-order valence-electron chi connectivity index (χ0n) is 14.6. The molecule has 0 N–H and O–H groups in total. The Morgan fingerprint density at radius 3 is 1.39 bits per heavy atom. The van der Waals surface area contributed by atoms with Gasteiger partial charge in [-0.1, -0.05) is 77.0 Å². The number of rotatable bonds is 4. The van der Waals surface area contributed by atoms with Crippen molar-refractivity contribution < 1.29 is 9.05 Å². The highest BCUT2D eigenvalue weighted by Gasteiger charge is 2.15. The highest BCUT2D eigenvalue weighted by atomic mass is 16.5. The molecule has 0 aliphatic heterocycles. The number of hydrogen-bond acceptors (Lipinski definition) is 7. The van der Waals surface area contributed by atoms with Crippen LogP contribution in [-0.4, -0.2) is 25.3 Å². The average molecular weight is 367 g/mol. The van der Waals surface area contributed by atoms with E-state index in [1.54, 1.807) is 12.1 Å². The molecular weight excluding hydrogens is 354 g/mol. The molecule has 3 heterocycles. The highest BCUT2D eigenvalue weighted by molar-refractivity contribution is 5.61. The van der Waals surface area contributed by atoms with Crippen LogP contribution in [0.4, 0.5) is 0 Å². The molecule has 0 unspecified atom stereocenters. The molecule has 0 radical (unpaired) electrons. The predicted octanol–water partition coefficient (Wildman–Crippen LogP) is 4.52. The summed E-state index contributed by atoms with van der Waals surface area (Å²) in [6.45, 7) is 0. The Hall–Kier alpha value is -4.13. The van der Waals surface area contributed by atoms with Crippen LogP contribution in [0.1, 0.15) is 0 Å². The smallest absolute Gasteiger partial charge is 0.276 e. The van der Waals surface area contributed by atoms with Gasteiger partial charge in [-0.2, -0.15) is 9.97 Å². The van der Waals surface area contributed by atoms with Gasteiger partial charge in [-0.15, -0.1) is 0 Å². The Labute approximate surface area is 159 Å². The maximum atomic E-state index is 5.38. The quantitative estimate of drug-likeness (QED) is 0.461. The number of pyridine rings is 1. The van der Waals surface area contributed by atoms with E-state index in [-0.39, 0.29) is 0 Å². The predicted molar refractivity (Wildman–Crippen MR) is 102 cm³/mol. The summed E-state index contributed by atoms with van der Waals surface area (Å²) in [6, 6.07) is 24.6. The number of benzene rings is 2. The Balaban J connectivity index is 1.46. The molecule has 3 aromatic heterocycles. The third-order valence-corrected chi connectivity index (χ3v) is 4.10. The molecular formula is C21H13N5O2. The molecule has 0 amide bonds. The summed E-state index contributed by atoms with van der Waals surface area (Å²) in [6.07, 6.45) is 0. The zero-order valence-corrected chi connectivity index (χ0v) is 14.6. The maximum Gasteiger partial charge on any atom is 0.276 e. The Kier molecular flexibility index (Phi) is 3.95. The summed E-state index contributed by atoms with van der Waals surface area (Å²) in [5.41, 5.74) is 2.81. The average Bonchev–Trinajstić information content (AvgIpc) is 3.46. The van der Waals surface area contributed by atoms with Gasteiger partial charge in [0.2, 0.25) is 11.6 Å². The van der Waals surface area contributed by atoms with Crippen LogP contribution in [0, 0.1) is 0 Å². The lowest BCUT2D eigenvalue weighted by atomic mass is 10.2. The Morgan fingerprint density at radius 1 is 0.464 bits per heavy atom. The van der Waals surface area contributed by atoms with Crippen molar-refractivity contribution in [3.05, 3.63) is 78.9 Å². The first kappa shape index (κ1) is 16.1. The fourth-order valence-electron chi connectivity index (χ4n) is 2.74. The van der Waals surface area contributed by atoms with Crippen molar-refractivity contribution >= 4 is 0 Å². The Bertz CT molecular complexity index is 1120. The van der Waals surface area contributed by atoms with Crippen LogP contribution in [0.3, 0.4) is 0 Å². The summed E-state index contributed by atoms with van der Waals surface area (Å²) in [5.74, 6) is 1.66. The van der Waals surface area contributed by atoms with E-state index in [4.69, 9.17) is 9.05 Å². The first-order valence-electron chi connectivity index (χ1n) is 8.63. The van der Waals surface area contributed by atoms with Gasteiger partial charge >= 0.3 is 0 Å². The molecule has 134 valence electrons. The van der Waals surface area contributed by atoms with Crippen molar-refractivity contribution in [1.29, 1.82) is 0 Å². The number of nitrogens with zero attached hydrogens (tertiary/aromatic N) is 5. The molecule has 0 aliphatic carbocycles. The van der Waals surface area contributed by atoms with E-state index in [1.807, 2.05) is 66.7 Å². The van der Waals surface area contributed by atoms with Crippen LogP contribution in [0.25, 0.3) is 45.9 Å². The van der Waals surface area contributed by atoms with E-state index >= 15 is 0 Å². The van der Waals surface area contributed by atoms with Gasteiger partial charge in [0.25, 0.3) is 11.8 Å². The maximum absolute atomic E-state index is 5.38. The summed E-state index contributed by atoms with van der Waals surface area (Å²) >= 11 is 0. The van der Waals surface area contributed by atoms with Crippen molar-refractivity contribution in [1.82, 2.24) is 25.3 Å². The van der Waals surface area contributed by atoms with E-state index in [1.165, 1.54) is 0 Å². The first-order valence-corrected chi connectivity index (χ1v) is 8.63. The third-order valence-electron chi connectivity index (χ3n) is 4.10. The van der Waals surface area contributed by atoms with E-state index in [2.05, 4.69) is 25.3 Å². The normalized spacial score (nSPS) is 10.9. The SMILES string of the molecule is c1ccc(-c2noc(-c3cccc(-c4nc(-c5ccccc5)no4)n3)n2)cc1. The largest absolute Gasteiger partial charge is 0.332 e. The minimum absolute atomic E-state index is 0.323. The van der Waals surface area contributed by atoms with Crippen molar-refractivity contribution in [3.8, 4) is 45.9 Å². The van der Waals surface area contributed by atoms with Gasteiger partial charge in [0.15, 0.2) is 0 Å². The monoisotopic (exact) mass is 367 g/mol. The highest BCUT2D eigenvalue weighted by Crippen LogP contribution is 2.25. The van der Waals surface area contributed by atoms with Gasteiger partial charge < -0.3 is 9.05 Å². The molecule has 2 aromatic carbocycles. The summed E-state index contributed by atoms with van der Waals surface area (Å²) in [5, 5.41) is 8.06. The lowest BCUT2D eigenvalue weighted by Gasteiger charge is -1.96. The molecule has 0 spiro atoms. The molecule has 7 nitrogen and oxygen atoms in total. The van der Waals surface area contributed by atoms with Gasteiger partial charge in [0, 0.05) is 11.1 Å². The van der Waals surface area contributed by atoms with Gasteiger partial charge in [-0.3, -0.25) is 0 Å². The van der Waals surface area contributed by atoms with Gasteiger partial charge in [0.05, 0.1) is 0 Å². The molecule has 0 saturated heterocycles. The Morgan fingerprint density at radius 2 is 0.929 bits per heavy atom. The number of aromatic nitrogens is 5. The third kappa shape index (κ3) is 3.05. The van der Waals surface area contributed by atoms with Crippen LogP contribution < -0.4 is 0 Å². The van der Waals surface area contributed by atoms with Crippen LogP contribution >= 0.6 is 0 Å². The molecule has 0 aliphatic rings. The summed E-state index contributed by atoms with van der Waals surface area (Å²) < 4.78 is 10.8. The van der Waals surface area contributed by atoms with Crippen LogP contribution in [-0.2, 0) is 0 Å². The van der Waals surface area contributed by atoms with E-state index in [9.17, 15) is 0 Å². The molecule has 0 saturated carbocycles. The molecule has 7 heteroatoms. The first-order chi connectivity index (χ1) is 13.9. The second-order valence-electron chi connectivity index (χ2n) is 5.99. The van der Waals surface area contributed by atoms with E-state index in [0.29, 0.717) is 34.8 Å². The standard InChI is InChI=1S/C21H13N5O2/c1-3-8-14(9-4-1)18-23-20(27-25-18)16-12-7-13-17(22-16)21-24-19(26-28-21)15-10-5-2-6-11-15/h1-13H. The molecule has 0 fully saturated rings. The van der Waals surface area contributed by atoms with Crippen LogP contribution in [0.2, 0.25) is 0 Å². The van der Waals surface area contributed by atoms with Crippen molar-refractivity contribution in [2.45, 2.75) is 0 Å². The van der Waals surface area contributed by atoms with Crippen LogP contribution in [0.5, 0.6) is 0 Å². The molecule has 5 rings (SSSR count). The van der Waals surface area contributed by atoms with Crippen molar-refractivity contribution in [3.63, 3.8) is 0 Å². The molecule has 5 aromatic rings. The van der Waals surface area contributed by atoms with Gasteiger partial charge in [-0.05, 0) is 12.1 Å². The fraction of sp³-hybridized carbons (Fsp3) is 0. The lowest BCUT2D eigenvalue weighted by Crippen LogP contribution is -1.88. The zero-order chi connectivity index (χ0) is 18.8. The summed E-state index contributed by atoms with van der Waals surface area (Å²) in [7, 11) is 0. The van der Waals surface area contributed by atoms with Gasteiger partial charge in [0.1, 0.15) is 11.4 Å². The van der Waals surface area contributed by atoms with E-state index < -0.39 is 0 Å². The number of hydrogen-bond donors (Lipinski definition) is 0. The topological polar surface area (TPSA) is 90.7 Å². The van der Waals surface area contributed by atoms with Crippen molar-refractivity contribution in [2.24, 2.45) is 0 Å². The minimum atomic E-state index is 0.323. The molecule has 0 bridgehead atoms. The molecule has 28 heavy (non-hydrogen) atoms.